The number of aliphatic hydroxyl groups is 4. The fourth-order valence-corrected chi connectivity index (χ4v) is 2.32. The van der Waals surface area contributed by atoms with Crippen LogP contribution in [0.2, 0.25) is 0 Å². The number of benzene rings is 1. The van der Waals surface area contributed by atoms with Crippen LogP contribution in [0.3, 0.4) is 0 Å². The van der Waals surface area contributed by atoms with E-state index in [1.165, 1.54) is 31.4 Å². The lowest BCUT2D eigenvalue weighted by atomic mass is 9.99. The fourth-order valence-electron chi connectivity index (χ4n) is 2.32. The maximum atomic E-state index is 10.4. The van der Waals surface area contributed by atoms with E-state index in [2.05, 4.69) is 0 Å². The molecule has 1 aromatic carbocycles. The molecule has 0 radical (unpaired) electrons. The smallest absolute Gasteiger partial charge is 0.235 e. The number of rotatable bonds is 6. The van der Waals surface area contributed by atoms with Crippen LogP contribution in [-0.2, 0) is 4.74 Å². The Morgan fingerprint density at radius 1 is 1.24 bits per heavy atom. The largest absolute Gasteiger partial charge is 0.493 e. The summed E-state index contributed by atoms with van der Waals surface area (Å²) in [4.78, 5) is 9.76. The normalized spacial score (nSPS) is 29.6. The summed E-state index contributed by atoms with van der Waals surface area (Å²) in [6.07, 6.45) is -5.04. The van der Waals surface area contributed by atoms with Crippen LogP contribution < -0.4 is 9.47 Å². The molecule has 25 heavy (non-hydrogen) atoms. The molecule has 5 unspecified atom stereocenters. The summed E-state index contributed by atoms with van der Waals surface area (Å²) in [7, 11) is 1.36. The molecule has 1 heterocycles. The average molecular weight is 357 g/mol. The molecule has 1 aliphatic heterocycles. The van der Waals surface area contributed by atoms with Crippen LogP contribution in [0.25, 0.3) is 6.08 Å². The molecule has 1 aromatic rings. The van der Waals surface area contributed by atoms with Crippen LogP contribution in [0, 0.1) is 10.1 Å². The summed E-state index contributed by atoms with van der Waals surface area (Å²) in [5.74, 6) is 0.354. The molecule has 2 rings (SSSR count). The van der Waals surface area contributed by atoms with Gasteiger partial charge in [-0.15, -0.1) is 0 Å². The summed E-state index contributed by atoms with van der Waals surface area (Å²) in [5, 5.41) is 49.0. The number of hydrogen-bond acceptors (Lipinski definition) is 9. The molecule has 4 N–H and O–H groups in total. The molecule has 0 amide bonds. The van der Waals surface area contributed by atoms with Crippen molar-refractivity contribution in [1.29, 1.82) is 0 Å². The van der Waals surface area contributed by atoms with Gasteiger partial charge in [0, 0.05) is 6.08 Å². The third-order valence-corrected chi connectivity index (χ3v) is 3.67. The Labute approximate surface area is 142 Å². The van der Waals surface area contributed by atoms with E-state index in [9.17, 15) is 25.4 Å². The van der Waals surface area contributed by atoms with E-state index in [0.29, 0.717) is 5.56 Å². The number of hydrogen-bond donors (Lipinski definition) is 4. The van der Waals surface area contributed by atoms with Crippen LogP contribution in [0.5, 0.6) is 11.5 Å². The molecule has 5 atom stereocenters. The molecule has 1 saturated heterocycles. The van der Waals surface area contributed by atoms with Gasteiger partial charge < -0.3 is 34.6 Å². The minimum Gasteiger partial charge on any atom is -0.493 e. The Morgan fingerprint density at radius 3 is 2.56 bits per heavy atom. The van der Waals surface area contributed by atoms with Crippen LogP contribution in [0.4, 0.5) is 0 Å². The van der Waals surface area contributed by atoms with Gasteiger partial charge >= 0.3 is 0 Å². The van der Waals surface area contributed by atoms with E-state index < -0.39 is 42.2 Å². The van der Waals surface area contributed by atoms with Crippen molar-refractivity contribution in [2.24, 2.45) is 0 Å². The first-order valence-electron chi connectivity index (χ1n) is 7.34. The van der Waals surface area contributed by atoms with Gasteiger partial charge in [-0.05, 0) is 17.7 Å². The highest BCUT2D eigenvalue weighted by Gasteiger charge is 2.44. The molecule has 10 heteroatoms. The molecule has 0 aliphatic carbocycles. The Bertz CT molecular complexity index is 633. The molecular weight excluding hydrogens is 338 g/mol. The van der Waals surface area contributed by atoms with Gasteiger partial charge in [0.05, 0.1) is 18.6 Å². The summed E-state index contributed by atoms with van der Waals surface area (Å²) in [6, 6.07) is 4.43. The number of aliphatic hydroxyl groups excluding tert-OH is 4. The van der Waals surface area contributed by atoms with Gasteiger partial charge in [-0.2, -0.15) is 0 Å². The van der Waals surface area contributed by atoms with E-state index in [-0.39, 0.29) is 11.5 Å². The first-order valence-corrected chi connectivity index (χ1v) is 7.34. The lowest BCUT2D eigenvalue weighted by Gasteiger charge is -2.39. The minimum absolute atomic E-state index is 0.144. The highest BCUT2D eigenvalue weighted by Crippen LogP contribution is 2.32. The Hall–Kier alpha value is -2.24. The lowest BCUT2D eigenvalue weighted by Crippen LogP contribution is -2.60. The van der Waals surface area contributed by atoms with Crippen molar-refractivity contribution in [3.05, 3.63) is 40.1 Å². The Balaban J connectivity index is 2.19. The van der Waals surface area contributed by atoms with Crippen LogP contribution in [-0.4, -0.2) is 69.8 Å². The van der Waals surface area contributed by atoms with Crippen molar-refractivity contribution >= 4 is 6.08 Å². The second kappa shape index (κ2) is 8.23. The number of methoxy groups -OCH3 is 1. The Kier molecular flexibility index (Phi) is 6.28. The van der Waals surface area contributed by atoms with Crippen molar-refractivity contribution < 1.29 is 39.6 Å². The van der Waals surface area contributed by atoms with Crippen molar-refractivity contribution in [3.63, 3.8) is 0 Å². The standard InChI is InChI=1S/C15H19NO9/c1-23-10-6-8(4-5-16(21)22)2-3-9(10)24-15-14(20)13(19)12(18)11(7-17)25-15/h2-6,11-15,17-20H,7H2,1H3. The van der Waals surface area contributed by atoms with Gasteiger partial charge in [0.2, 0.25) is 12.5 Å². The van der Waals surface area contributed by atoms with Crippen molar-refractivity contribution in [2.45, 2.75) is 30.7 Å². The zero-order chi connectivity index (χ0) is 18.6. The predicted molar refractivity (Wildman–Crippen MR) is 83.4 cm³/mol. The highest BCUT2D eigenvalue weighted by molar-refractivity contribution is 5.55. The summed E-state index contributed by atoms with van der Waals surface area (Å²) >= 11 is 0. The van der Waals surface area contributed by atoms with E-state index in [1.54, 1.807) is 0 Å². The zero-order valence-electron chi connectivity index (χ0n) is 13.3. The predicted octanol–water partition coefficient (Wildman–Crippen LogP) is -0.879. The van der Waals surface area contributed by atoms with E-state index in [0.717, 1.165) is 6.20 Å². The highest BCUT2D eigenvalue weighted by atomic mass is 16.7. The molecule has 0 saturated carbocycles. The molecule has 1 fully saturated rings. The van der Waals surface area contributed by atoms with Gasteiger partial charge in [0.1, 0.15) is 24.4 Å². The third kappa shape index (κ3) is 4.44. The maximum Gasteiger partial charge on any atom is 0.235 e. The van der Waals surface area contributed by atoms with Gasteiger partial charge in [0.25, 0.3) is 0 Å². The van der Waals surface area contributed by atoms with Crippen molar-refractivity contribution in [2.75, 3.05) is 13.7 Å². The van der Waals surface area contributed by atoms with Crippen molar-refractivity contribution in [3.8, 4) is 11.5 Å². The topological polar surface area (TPSA) is 152 Å². The van der Waals surface area contributed by atoms with Crippen LogP contribution >= 0.6 is 0 Å². The van der Waals surface area contributed by atoms with E-state index >= 15 is 0 Å². The summed E-state index contributed by atoms with van der Waals surface area (Å²) < 4.78 is 15.9. The maximum absolute atomic E-state index is 10.4. The van der Waals surface area contributed by atoms with Gasteiger partial charge in [0.15, 0.2) is 11.5 Å². The van der Waals surface area contributed by atoms with Gasteiger partial charge in [-0.1, -0.05) is 6.07 Å². The molecule has 138 valence electrons. The average Bonchev–Trinajstić information content (AvgIpc) is 2.60. The second-order valence-electron chi connectivity index (χ2n) is 5.33. The molecular formula is C15H19NO9. The van der Waals surface area contributed by atoms with Crippen LogP contribution in [0.1, 0.15) is 5.56 Å². The molecule has 1 aliphatic rings. The quantitative estimate of drug-likeness (QED) is 0.376. The van der Waals surface area contributed by atoms with Crippen LogP contribution in [0.15, 0.2) is 24.4 Å². The molecule has 0 spiro atoms. The molecule has 0 bridgehead atoms. The minimum atomic E-state index is -1.57. The number of nitro groups is 1. The van der Waals surface area contributed by atoms with E-state index in [1.807, 2.05) is 0 Å². The van der Waals surface area contributed by atoms with Gasteiger partial charge in [-0.25, -0.2) is 0 Å². The molecule has 10 nitrogen and oxygen atoms in total. The number of ether oxygens (including phenoxy) is 3. The fraction of sp³-hybridized carbons (Fsp3) is 0.467. The lowest BCUT2D eigenvalue weighted by molar-refractivity contribution is -0.400. The molecule has 0 aromatic heterocycles. The first kappa shape index (κ1) is 19.1. The summed E-state index contributed by atoms with van der Waals surface area (Å²) in [6.45, 7) is -0.577. The number of nitrogens with zero attached hydrogens (tertiary/aromatic N) is 1. The first-order chi connectivity index (χ1) is 11.9. The van der Waals surface area contributed by atoms with Gasteiger partial charge in [-0.3, -0.25) is 10.1 Å². The summed E-state index contributed by atoms with van der Waals surface area (Å²) in [5.41, 5.74) is 0.481. The van der Waals surface area contributed by atoms with Crippen molar-refractivity contribution in [1.82, 2.24) is 0 Å². The second-order valence-corrected chi connectivity index (χ2v) is 5.33. The SMILES string of the molecule is COc1cc(C=C[N+](=O)[O-])ccc1OC1OC(CO)C(O)C(O)C1O. The Morgan fingerprint density at radius 2 is 1.96 bits per heavy atom. The van der Waals surface area contributed by atoms with E-state index in [4.69, 9.17) is 19.3 Å². The zero-order valence-corrected chi connectivity index (χ0v) is 13.3. The monoisotopic (exact) mass is 357 g/mol. The third-order valence-electron chi connectivity index (χ3n) is 3.67.